The number of aromatic hydroxyl groups is 1. The predicted octanol–water partition coefficient (Wildman–Crippen LogP) is 2.54. The first-order valence-electron chi connectivity index (χ1n) is 6.74. The van der Waals surface area contributed by atoms with E-state index < -0.39 is 0 Å². The first kappa shape index (κ1) is 14.1. The predicted molar refractivity (Wildman–Crippen MR) is 77.0 cm³/mol. The van der Waals surface area contributed by atoms with E-state index in [4.69, 9.17) is 0 Å². The minimum atomic E-state index is -0.201. The topological polar surface area (TPSA) is 64.3 Å². The maximum Gasteiger partial charge on any atom is 0.264 e. The molecular weight excluding hydrogens is 252 g/mol. The van der Waals surface area contributed by atoms with Gasteiger partial charge in [-0.1, -0.05) is 0 Å². The SMILES string of the molecule is Cc1cc(C=C(C#N)C(=O)N2CCCC2)cc(C)c1O. The van der Waals surface area contributed by atoms with Gasteiger partial charge in [-0.2, -0.15) is 5.26 Å². The number of phenolic OH excluding ortho intramolecular Hbond substituents is 1. The lowest BCUT2D eigenvalue weighted by Crippen LogP contribution is -2.28. The monoisotopic (exact) mass is 270 g/mol. The van der Waals surface area contributed by atoms with E-state index >= 15 is 0 Å². The highest BCUT2D eigenvalue weighted by Gasteiger charge is 2.21. The first-order valence-corrected chi connectivity index (χ1v) is 6.74. The number of aryl methyl sites for hydroxylation is 2. The number of hydrogen-bond acceptors (Lipinski definition) is 3. The summed E-state index contributed by atoms with van der Waals surface area (Å²) in [5.41, 5.74) is 2.39. The normalized spacial score (nSPS) is 15.2. The van der Waals surface area contributed by atoms with Crippen molar-refractivity contribution in [3.05, 3.63) is 34.4 Å². The molecule has 0 spiro atoms. The molecule has 0 saturated carbocycles. The number of amides is 1. The summed E-state index contributed by atoms with van der Waals surface area (Å²) >= 11 is 0. The van der Waals surface area contributed by atoms with E-state index in [1.165, 1.54) is 0 Å². The summed E-state index contributed by atoms with van der Waals surface area (Å²) in [4.78, 5) is 13.9. The number of nitriles is 1. The van der Waals surface area contributed by atoms with Crippen LogP contribution in [0.5, 0.6) is 5.75 Å². The van der Waals surface area contributed by atoms with E-state index in [0.717, 1.165) is 42.6 Å². The Morgan fingerprint density at radius 3 is 2.35 bits per heavy atom. The number of rotatable bonds is 2. The van der Waals surface area contributed by atoms with E-state index in [9.17, 15) is 15.2 Å². The van der Waals surface area contributed by atoms with Crippen molar-refractivity contribution in [1.29, 1.82) is 5.26 Å². The smallest absolute Gasteiger partial charge is 0.264 e. The fourth-order valence-corrected chi connectivity index (χ4v) is 2.47. The molecule has 20 heavy (non-hydrogen) atoms. The molecule has 0 unspecified atom stereocenters. The Hall–Kier alpha value is -2.28. The van der Waals surface area contributed by atoms with Gasteiger partial charge in [0.15, 0.2) is 0 Å². The van der Waals surface area contributed by atoms with Crippen molar-refractivity contribution >= 4 is 12.0 Å². The van der Waals surface area contributed by atoms with Crippen LogP contribution in [0.3, 0.4) is 0 Å². The van der Waals surface area contributed by atoms with Crippen LogP contribution in [0.25, 0.3) is 6.08 Å². The molecule has 1 aliphatic heterocycles. The molecule has 0 aromatic heterocycles. The lowest BCUT2D eigenvalue weighted by atomic mass is 10.0. The quantitative estimate of drug-likeness (QED) is 0.663. The Balaban J connectivity index is 2.31. The lowest BCUT2D eigenvalue weighted by molar-refractivity contribution is -0.125. The van der Waals surface area contributed by atoms with Crippen LogP contribution in [0, 0.1) is 25.2 Å². The summed E-state index contributed by atoms with van der Waals surface area (Å²) in [6.45, 7) is 5.05. The number of phenols is 1. The Morgan fingerprint density at radius 1 is 1.30 bits per heavy atom. The number of hydrogen-bond donors (Lipinski definition) is 1. The van der Waals surface area contributed by atoms with Gasteiger partial charge in [-0.05, 0) is 61.6 Å². The van der Waals surface area contributed by atoms with E-state index in [2.05, 4.69) is 0 Å². The largest absolute Gasteiger partial charge is 0.507 e. The molecule has 0 aliphatic carbocycles. The summed E-state index contributed by atoms with van der Waals surface area (Å²) in [5, 5.41) is 18.9. The number of likely N-dealkylation sites (tertiary alicyclic amines) is 1. The minimum absolute atomic E-state index is 0.149. The molecule has 4 nitrogen and oxygen atoms in total. The van der Waals surface area contributed by atoms with Gasteiger partial charge in [-0.3, -0.25) is 4.79 Å². The molecule has 2 rings (SSSR count). The highest BCUT2D eigenvalue weighted by atomic mass is 16.3. The fourth-order valence-electron chi connectivity index (χ4n) is 2.47. The molecule has 1 aromatic carbocycles. The number of benzene rings is 1. The van der Waals surface area contributed by atoms with Crippen LogP contribution in [0.1, 0.15) is 29.5 Å². The highest BCUT2D eigenvalue weighted by Crippen LogP contribution is 2.24. The second-order valence-electron chi connectivity index (χ2n) is 5.17. The molecule has 1 aromatic rings. The molecular formula is C16H18N2O2. The number of nitrogens with zero attached hydrogens (tertiary/aromatic N) is 2. The second-order valence-corrected chi connectivity index (χ2v) is 5.17. The molecule has 0 radical (unpaired) electrons. The Kier molecular flexibility index (Phi) is 4.09. The molecule has 104 valence electrons. The maximum absolute atomic E-state index is 12.2. The van der Waals surface area contributed by atoms with E-state index in [1.54, 1.807) is 37.0 Å². The third-order valence-electron chi connectivity index (χ3n) is 3.57. The van der Waals surface area contributed by atoms with Crippen LogP contribution in [0.2, 0.25) is 0 Å². The van der Waals surface area contributed by atoms with Crippen molar-refractivity contribution in [3.8, 4) is 11.8 Å². The van der Waals surface area contributed by atoms with Crippen LogP contribution in [0.4, 0.5) is 0 Å². The molecule has 4 heteroatoms. The van der Waals surface area contributed by atoms with Gasteiger partial charge in [0.1, 0.15) is 17.4 Å². The molecule has 0 bridgehead atoms. The number of carbonyl (C=O) groups is 1. The van der Waals surface area contributed by atoms with Crippen LogP contribution < -0.4 is 0 Å². The van der Waals surface area contributed by atoms with Crippen LogP contribution >= 0.6 is 0 Å². The van der Waals surface area contributed by atoms with Crippen LogP contribution in [-0.2, 0) is 4.79 Å². The summed E-state index contributed by atoms with van der Waals surface area (Å²) in [7, 11) is 0. The van der Waals surface area contributed by atoms with Crippen molar-refractivity contribution in [2.24, 2.45) is 0 Å². The molecule has 0 atom stereocenters. The number of carbonyl (C=O) groups excluding carboxylic acids is 1. The van der Waals surface area contributed by atoms with Crippen molar-refractivity contribution < 1.29 is 9.90 Å². The standard InChI is InChI=1S/C16H18N2O2/c1-11-7-13(8-12(2)15(11)19)9-14(10-17)16(20)18-5-3-4-6-18/h7-9,19H,3-6H2,1-2H3. The van der Waals surface area contributed by atoms with Crippen molar-refractivity contribution in [2.45, 2.75) is 26.7 Å². The Labute approximate surface area is 118 Å². The summed E-state index contributed by atoms with van der Waals surface area (Å²) in [5.74, 6) is 0.0555. The fraction of sp³-hybridized carbons (Fsp3) is 0.375. The third-order valence-corrected chi connectivity index (χ3v) is 3.57. The van der Waals surface area contributed by atoms with E-state index in [-0.39, 0.29) is 17.2 Å². The van der Waals surface area contributed by atoms with E-state index in [0.29, 0.717) is 0 Å². The summed E-state index contributed by atoms with van der Waals surface area (Å²) in [6.07, 6.45) is 3.60. The summed E-state index contributed by atoms with van der Waals surface area (Å²) < 4.78 is 0. The average Bonchev–Trinajstić information content (AvgIpc) is 2.95. The van der Waals surface area contributed by atoms with E-state index in [1.807, 2.05) is 6.07 Å². The lowest BCUT2D eigenvalue weighted by Gasteiger charge is -2.14. The first-order chi connectivity index (χ1) is 9.52. The van der Waals surface area contributed by atoms with Crippen molar-refractivity contribution in [2.75, 3.05) is 13.1 Å². The van der Waals surface area contributed by atoms with Gasteiger partial charge in [0.25, 0.3) is 5.91 Å². The Morgan fingerprint density at radius 2 is 1.85 bits per heavy atom. The van der Waals surface area contributed by atoms with Crippen molar-refractivity contribution in [3.63, 3.8) is 0 Å². The van der Waals surface area contributed by atoms with Gasteiger partial charge in [-0.25, -0.2) is 0 Å². The van der Waals surface area contributed by atoms with Crippen LogP contribution in [-0.4, -0.2) is 29.0 Å². The molecule has 1 heterocycles. The summed E-state index contributed by atoms with van der Waals surface area (Å²) in [6, 6.07) is 5.54. The van der Waals surface area contributed by atoms with Gasteiger partial charge < -0.3 is 10.0 Å². The zero-order valence-corrected chi connectivity index (χ0v) is 11.8. The molecule has 1 saturated heterocycles. The van der Waals surface area contributed by atoms with Gasteiger partial charge in [-0.15, -0.1) is 0 Å². The zero-order chi connectivity index (χ0) is 14.7. The molecule has 1 fully saturated rings. The van der Waals surface area contributed by atoms with Gasteiger partial charge in [0.2, 0.25) is 0 Å². The maximum atomic E-state index is 12.2. The van der Waals surface area contributed by atoms with Gasteiger partial charge >= 0.3 is 0 Å². The Bertz CT molecular complexity index is 582. The molecule has 1 amide bonds. The minimum Gasteiger partial charge on any atom is -0.507 e. The molecule has 1 aliphatic rings. The second kappa shape index (κ2) is 5.79. The average molecular weight is 270 g/mol. The zero-order valence-electron chi connectivity index (χ0n) is 11.8. The van der Waals surface area contributed by atoms with Gasteiger partial charge in [0.05, 0.1) is 0 Å². The van der Waals surface area contributed by atoms with Gasteiger partial charge in [0, 0.05) is 13.1 Å². The highest BCUT2D eigenvalue weighted by molar-refractivity contribution is 6.01. The molecule has 1 N–H and O–H groups in total. The van der Waals surface area contributed by atoms with Crippen molar-refractivity contribution in [1.82, 2.24) is 4.90 Å². The van der Waals surface area contributed by atoms with Crippen LogP contribution in [0.15, 0.2) is 17.7 Å². The third kappa shape index (κ3) is 2.83.